The summed E-state index contributed by atoms with van der Waals surface area (Å²) in [5, 5.41) is 0.390. The molecule has 7 nitrogen and oxygen atoms in total. The van der Waals surface area contributed by atoms with Gasteiger partial charge in [-0.05, 0) is 46.2 Å². The highest BCUT2D eigenvalue weighted by Gasteiger charge is 2.27. The number of aromatic nitrogens is 3. The van der Waals surface area contributed by atoms with Crippen molar-refractivity contribution >= 4 is 22.9 Å². The van der Waals surface area contributed by atoms with Crippen molar-refractivity contribution in [3.63, 3.8) is 0 Å². The molecule has 8 heteroatoms. The van der Waals surface area contributed by atoms with Crippen LogP contribution in [0.1, 0.15) is 33.3 Å². The van der Waals surface area contributed by atoms with Gasteiger partial charge in [-0.3, -0.25) is 9.78 Å². The largest absolute Gasteiger partial charge is 0.443 e. The third kappa shape index (κ3) is 4.11. The minimum Gasteiger partial charge on any atom is -0.443 e. The summed E-state index contributed by atoms with van der Waals surface area (Å²) in [6.07, 6.45) is 1.74. The average Bonchev–Trinajstić information content (AvgIpc) is 2.60. The number of benzene rings is 1. The fraction of sp³-hybridized carbons (Fsp3) is 0.333. The summed E-state index contributed by atoms with van der Waals surface area (Å²) in [7, 11) is 0. The Morgan fingerprint density at radius 2 is 2.00 bits per heavy atom. The monoisotopic (exact) mass is 398 g/mol. The Kier molecular flexibility index (Phi) is 5.37. The van der Waals surface area contributed by atoms with Crippen molar-refractivity contribution in [3.05, 3.63) is 58.4 Å². The van der Waals surface area contributed by atoms with Crippen molar-refractivity contribution in [2.75, 3.05) is 11.4 Å². The van der Waals surface area contributed by atoms with Gasteiger partial charge in [0.1, 0.15) is 11.4 Å². The summed E-state index contributed by atoms with van der Waals surface area (Å²) < 4.78 is 20.5. The maximum atomic E-state index is 13.9. The normalized spacial score (nSPS) is 11.5. The first-order valence-electron chi connectivity index (χ1n) is 9.26. The van der Waals surface area contributed by atoms with Crippen molar-refractivity contribution in [2.45, 2.75) is 40.2 Å². The maximum Gasteiger partial charge on any atom is 0.417 e. The molecular weight excluding hydrogens is 375 g/mol. The number of anilines is 1. The second-order valence-electron chi connectivity index (χ2n) is 7.61. The second-order valence-corrected chi connectivity index (χ2v) is 7.61. The van der Waals surface area contributed by atoms with Crippen LogP contribution in [-0.2, 0) is 4.74 Å². The molecule has 0 atom stereocenters. The number of nitrogens with zero attached hydrogens (tertiary/aromatic N) is 4. The second kappa shape index (κ2) is 7.62. The van der Waals surface area contributed by atoms with Crippen LogP contribution < -0.4 is 10.5 Å². The van der Waals surface area contributed by atoms with Crippen molar-refractivity contribution < 1.29 is 13.9 Å². The summed E-state index contributed by atoms with van der Waals surface area (Å²) in [6, 6.07) is 6.45. The lowest BCUT2D eigenvalue weighted by atomic mass is 10.1. The number of hydrogen-bond donors (Lipinski definition) is 0. The molecule has 0 bridgehead atoms. The van der Waals surface area contributed by atoms with Crippen LogP contribution in [0.15, 0.2) is 41.5 Å². The first-order chi connectivity index (χ1) is 13.6. The Labute approximate surface area is 167 Å². The predicted octanol–water partition coefficient (Wildman–Crippen LogP) is 3.99. The van der Waals surface area contributed by atoms with Gasteiger partial charge in [0.05, 0.1) is 29.0 Å². The van der Waals surface area contributed by atoms with Crippen LogP contribution in [-0.4, -0.2) is 32.8 Å². The Morgan fingerprint density at radius 3 is 2.62 bits per heavy atom. The highest BCUT2D eigenvalue weighted by atomic mass is 19.1. The van der Waals surface area contributed by atoms with Crippen molar-refractivity contribution in [3.8, 4) is 5.69 Å². The van der Waals surface area contributed by atoms with Crippen LogP contribution >= 0.6 is 0 Å². The average molecular weight is 398 g/mol. The summed E-state index contributed by atoms with van der Waals surface area (Å²) in [6.45, 7) is 8.98. The summed E-state index contributed by atoms with van der Waals surface area (Å²) in [5.74, 6) is -0.567. The number of rotatable bonds is 3. The van der Waals surface area contributed by atoms with Crippen LogP contribution in [0.5, 0.6) is 0 Å². The smallest absolute Gasteiger partial charge is 0.417 e. The lowest BCUT2D eigenvalue weighted by molar-refractivity contribution is 0.0579. The van der Waals surface area contributed by atoms with E-state index in [1.165, 1.54) is 21.7 Å². The van der Waals surface area contributed by atoms with Crippen LogP contribution in [0.25, 0.3) is 16.6 Å². The minimum atomic E-state index is -0.733. The summed E-state index contributed by atoms with van der Waals surface area (Å²) in [5.41, 5.74) is 0.184. The molecular formula is C21H23FN4O3. The van der Waals surface area contributed by atoms with Crippen LogP contribution in [0, 0.1) is 12.7 Å². The van der Waals surface area contributed by atoms with Crippen molar-refractivity contribution in [1.29, 1.82) is 0 Å². The third-order valence-electron chi connectivity index (χ3n) is 4.21. The fourth-order valence-electron chi connectivity index (χ4n) is 2.99. The van der Waals surface area contributed by atoms with Gasteiger partial charge in [-0.25, -0.2) is 23.6 Å². The number of amides is 1. The number of carbonyl (C=O) groups is 1. The molecule has 2 heterocycles. The molecule has 0 aliphatic rings. The molecule has 3 rings (SSSR count). The van der Waals surface area contributed by atoms with Gasteiger partial charge in [-0.1, -0.05) is 12.1 Å². The third-order valence-corrected chi connectivity index (χ3v) is 4.21. The van der Waals surface area contributed by atoms with Gasteiger partial charge in [0.25, 0.3) is 5.56 Å². The number of halogens is 1. The van der Waals surface area contributed by atoms with E-state index in [0.717, 1.165) is 11.8 Å². The van der Waals surface area contributed by atoms with E-state index in [-0.39, 0.29) is 18.2 Å². The first-order valence-corrected chi connectivity index (χ1v) is 9.26. The molecule has 0 spiro atoms. The number of pyridine rings is 1. The van der Waals surface area contributed by atoms with E-state index >= 15 is 0 Å². The van der Waals surface area contributed by atoms with Gasteiger partial charge in [-0.2, -0.15) is 0 Å². The van der Waals surface area contributed by atoms with Gasteiger partial charge in [0, 0.05) is 12.6 Å². The lowest BCUT2D eigenvalue weighted by Crippen LogP contribution is -2.40. The van der Waals surface area contributed by atoms with Gasteiger partial charge in [-0.15, -0.1) is 0 Å². The Hall–Kier alpha value is -3.29. The molecule has 152 valence electrons. The SMILES string of the molecule is CCN(C(=O)OC(C)(C)C)c1nc2cccc(C)c2c(=O)n1-c1cncc(F)c1. The van der Waals surface area contributed by atoms with Crippen LogP contribution in [0.3, 0.4) is 0 Å². The van der Waals surface area contributed by atoms with Crippen molar-refractivity contribution in [1.82, 2.24) is 14.5 Å². The number of hydrogen-bond acceptors (Lipinski definition) is 5. The molecule has 1 amide bonds. The van der Waals surface area contributed by atoms with Gasteiger partial charge in [0.15, 0.2) is 0 Å². The molecule has 0 N–H and O–H groups in total. The molecule has 0 aliphatic carbocycles. The molecule has 29 heavy (non-hydrogen) atoms. The highest BCUT2D eigenvalue weighted by Crippen LogP contribution is 2.23. The topological polar surface area (TPSA) is 77.3 Å². The summed E-state index contributed by atoms with van der Waals surface area (Å²) in [4.78, 5) is 35.9. The van der Waals surface area contributed by atoms with E-state index in [0.29, 0.717) is 10.9 Å². The molecule has 0 saturated heterocycles. The van der Waals surface area contributed by atoms with E-state index in [1.54, 1.807) is 52.8 Å². The molecule has 1 aromatic carbocycles. The first kappa shape index (κ1) is 20.4. The zero-order valence-electron chi connectivity index (χ0n) is 17.1. The van der Waals surface area contributed by atoms with Crippen LogP contribution in [0.4, 0.5) is 15.1 Å². The molecule has 0 unspecified atom stereocenters. The highest BCUT2D eigenvalue weighted by molar-refractivity contribution is 5.89. The maximum absolute atomic E-state index is 13.9. The standard InChI is InChI=1S/C21H23FN4O3/c1-6-25(20(28)29-21(3,4)5)19-24-16-9-7-8-13(2)17(16)18(27)26(19)15-10-14(22)11-23-12-15/h7-12H,6H2,1-5H3. The Balaban J connectivity index is 2.34. The number of aryl methyl sites for hydroxylation is 1. The molecule has 0 aliphatic heterocycles. The van der Waals surface area contributed by atoms with Crippen molar-refractivity contribution in [2.24, 2.45) is 0 Å². The Morgan fingerprint density at radius 1 is 1.28 bits per heavy atom. The number of fused-ring (bicyclic) bond motifs is 1. The van der Waals surface area contributed by atoms with E-state index in [4.69, 9.17) is 4.74 Å². The van der Waals surface area contributed by atoms with Gasteiger partial charge < -0.3 is 4.74 Å². The molecule has 3 aromatic rings. The zero-order chi connectivity index (χ0) is 21.3. The molecule has 0 radical (unpaired) electrons. The number of ether oxygens (including phenoxy) is 1. The van der Waals surface area contributed by atoms with Crippen LogP contribution in [0.2, 0.25) is 0 Å². The van der Waals surface area contributed by atoms with E-state index in [1.807, 2.05) is 0 Å². The molecule has 0 fully saturated rings. The minimum absolute atomic E-state index is 0.0391. The lowest BCUT2D eigenvalue weighted by Gasteiger charge is -2.27. The fourth-order valence-corrected chi connectivity index (χ4v) is 2.99. The van der Waals surface area contributed by atoms with E-state index in [2.05, 4.69) is 9.97 Å². The number of carbonyl (C=O) groups excluding carboxylic acids is 1. The van der Waals surface area contributed by atoms with Gasteiger partial charge >= 0.3 is 6.09 Å². The predicted molar refractivity (Wildman–Crippen MR) is 109 cm³/mol. The van der Waals surface area contributed by atoms with E-state index in [9.17, 15) is 14.0 Å². The summed E-state index contributed by atoms with van der Waals surface area (Å²) >= 11 is 0. The van der Waals surface area contributed by atoms with E-state index < -0.39 is 23.1 Å². The van der Waals surface area contributed by atoms with Gasteiger partial charge in [0.2, 0.25) is 5.95 Å². The molecule has 2 aromatic heterocycles. The molecule has 0 saturated carbocycles. The zero-order valence-corrected chi connectivity index (χ0v) is 17.1. The Bertz CT molecular complexity index is 1130. The quantitative estimate of drug-likeness (QED) is 0.667.